The lowest BCUT2D eigenvalue weighted by molar-refractivity contribution is 0.0696. The molecule has 2 aromatic heterocycles. The van der Waals surface area contributed by atoms with Crippen molar-refractivity contribution in [3.05, 3.63) is 54.0 Å². The van der Waals surface area contributed by atoms with Crippen LogP contribution >= 0.6 is 0 Å². The normalized spacial score (nSPS) is 10.4. The first kappa shape index (κ1) is 13.7. The number of pyridine rings is 1. The van der Waals surface area contributed by atoms with Crippen molar-refractivity contribution in [3.63, 3.8) is 0 Å². The number of carbonyl (C=O) groups is 1. The third-order valence-electron chi connectivity index (χ3n) is 2.82. The van der Waals surface area contributed by atoms with Crippen molar-refractivity contribution >= 4 is 5.97 Å². The molecule has 0 fully saturated rings. The Bertz CT molecular complexity index is 829. The summed E-state index contributed by atoms with van der Waals surface area (Å²) in [5, 5.41) is 12.7. The van der Waals surface area contributed by atoms with Crippen molar-refractivity contribution < 1.29 is 19.2 Å². The summed E-state index contributed by atoms with van der Waals surface area (Å²) in [6.45, 7) is 1.71. The summed E-state index contributed by atoms with van der Waals surface area (Å²) < 4.78 is 10.8. The van der Waals surface area contributed by atoms with Crippen LogP contribution in [0.15, 0.2) is 47.1 Å². The van der Waals surface area contributed by atoms with Gasteiger partial charge in [-0.05, 0) is 37.3 Å². The second-order valence-electron chi connectivity index (χ2n) is 4.44. The van der Waals surface area contributed by atoms with Crippen LogP contribution < -0.4 is 4.74 Å². The van der Waals surface area contributed by atoms with E-state index in [1.54, 1.807) is 37.4 Å². The summed E-state index contributed by atoms with van der Waals surface area (Å²) in [7, 11) is 0. The van der Waals surface area contributed by atoms with Gasteiger partial charge in [0.25, 0.3) is 5.89 Å². The van der Waals surface area contributed by atoms with Crippen molar-refractivity contribution in [1.82, 2.24) is 15.1 Å². The highest BCUT2D eigenvalue weighted by atomic mass is 16.5. The van der Waals surface area contributed by atoms with Gasteiger partial charge in [0.1, 0.15) is 11.3 Å². The predicted molar refractivity (Wildman–Crippen MR) is 75.7 cm³/mol. The molecule has 0 saturated heterocycles. The summed E-state index contributed by atoms with van der Waals surface area (Å²) in [4.78, 5) is 19.3. The first-order valence-electron chi connectivity index (χ1n) is 6.40. The lowest BCUT2D eigenvalue weighted by Gasteiger charge is -2.07. The van der Waals surface area contributed by atoms with Gasteiger partial charge in [-0.3, -0.25) is 0 Å². The standard InChI is InChI=1S/C15H11N3O4/c1-9-17-14(22-18-9)12-6-3-7-16-13(12)21-11-5-2-4-10(8-11)15(19)20/h2-8H,1H3,(H,19,20). The van der Waals surface area contributed by atoms with Gasteiger partial charge >= 0.3 is 5.97 Å². The van der Waals surface area contributed by atoms with E-state index in [1.807, 2.05) is 0 Å². The largest absolute Gasteiger partial charge is 0.478 e. The molecule has 1 aromatic carbocycles. The summed E-state index contributed by atoms with van der Waals surface area (Å²) in [5.74, 6) is 0.372. The molecule has 7 heteroatoms. The fraction of sp³-hybridized carbons (Fsp3) is 0.0667. The lowest BCUT2D eigenvalue weighted by Crippen LogP contribution is -1.97. The van der Waals surface area contributed by atoms with Gasteiger partial charge in [-0.15, -0.1) is 0 Å². The van der Waals surface area contributed by atoms with E-state index in [4.69, 9.17) is 14.4 Å². The number of hydrogen-bond donors (Lipinski definition) is 1. The zero-order chi connectivity index (χ0) is 15.5. The van der Waals surface area contributed by atoms with E-state index in [0.717, 1.165) is 0 Å². The van der Waals surface area contributed by atoms with Crippen molar-refractivity contribution in [2.24, 2.45) is 0 Å². The minimum absolute atomic E-state index is 0.128. The number of rotatable bonds is 4. The van der Waals surface area contributed by atoms with Gasteiger partial charge in [-0.2, -0.15) is 4.98 Å². The van der Waals surface area contributed by atoms with Gasteiger partial charge < -0.3 is 14.4 Å². The smallest absolute Gasteiger partial charge is 0.335 e. The molecule has 0 aliphatic rings. The molecule has 0 aliphatic heterocycles. The number of aromatic nitrogens is 3. The Balaban J connectivity index is 1.96. The Morgan fingerprint density at radius 1 is 1.27 bits per heavy atom. The van der Waals surface area contributed by atoms with Gasteiger partial charge in [0.2, 0.25) is 5.88 Å². The average molecular weight is 297 g/mol. The molecule has 7 nitrogen and oxygen atoms in total. The molecule has 0 radical (unpaired) electrons. The Morgan fingerprint density at radius 2 is 2.14 bits per heavy atom. The van der Waals surface area contributed by atoms with E-state index < -0.39 is 5.97 Å². The maximum atomic E-state index is 11.0. The van der Waals surface area contributed by atoms with Crippen LogP contribution in [0.1, 0.15) is 16.2 Å². The second kappa shape index (κ2) is 5.65. The molecule has 1 N–H and O–H groups in total. The van der Waals surface area contributed by atoms with Crippen LogP contribution in [0.5, 0.6) is 11.6 Å². The molecule has 0 amide bonds. The third kappa shape index (κ3) is 2.78. The summed E-state index contributed by atoms with van der Waals surface area (Å²) >= 11 is 0. The molecule has 0 unspecified atom stereocenters. The maximum Gasteiger partial charge on any atom is 0.335 e. The second-order valence-corrected chi connectivity index (χ2v) is 4.44. The van der Waals surface area contributed by atoms with E-state index in [1.165, 1.54) is 12.1 Å². The number of carboxylic acids is 1. The molecule has 0 spiro atoms. The van der Waals surface area contributed by atoms with Gasteiger partial charge in [-0.1, -0.05) is 11.2 Å². The van der Waals surface area contributed by atoms with Crippen molar-refractivity contribution in [2.45, 2.75) is 6.92 Å². The predicted octanol–water partition coefficient (Wildman–Crippen LogP) is 2.93. The number of ether oxygens (including phenoxy) is 1. The average Bonchev–Trinajstić information content (AvgIpc) is 2.94. The number of hydrogen-bond acceptors (Lipinski definition) is 6. The molecule has 3 rings (SSSR count). The van der Waals surface area contributed by atoms with Crippen LogP contribution in [0.25, 0.3) is 11.5 Å². The highest BCUT2D eigenvalue weighted by Gasteiger charge is 2.15. The van der Waals surface area contributed by atoms with Crippen LogP contribution in [0.3, 0.4) is 0 Å². The van der Waals surface area contributed by atoms with Gasteiger partial charge in [0, 0.05) is 6.20 Å². The van der Waals surface area contributed by atoms with Crippen LogP contribution in [0.4, 0.5) is 0 Å². The number of benzene rings is 1. The first-order chi connectivity index (χ1) is 10.6. The molecule has 110 valence electrons. The van der Waals surface area contributed by atoms with E-state index in [2.05, 4.69) is 15.1 Å². The van der Waals surface area contributed by atoms with Crippen molar-refractivity contribution in [2.75, 3.05) is 0 Å². The monoisotopic (exact) mass is 297 g/mol. The lowest BCUT2D eigenvalue weighted by atomic mass is 10.2. The van der Waals surface area contributed by atoms with Crippen LogP contribution in [-0.4, -0.2) is 26.2 Å². The fourth-order valence-corrected chi connectivity index (χ4v) is 1.85. The molecule has 3 aromatic rings. The molecule has 0 saturated carbocycles. The zero-order valence-electron chi connectivity index (χ0n) is 11.6. The van der Waals surface area contributed by atoms with E-state index >= 15 is 0 Å². The van der Waals surface area contributed by atoms with Gasteiger partial charge in [-0.25, -0.2) is 9.78 Å². The Labute approximate surface area is 125 Å². The topological polar surface area (TPSA) is 98.3 Å². The Kier molecular flexibility index (Phi) is 3.53. The number of aromatic carboxylic acids is 1. The van der Waals surface area contributed by atoms with Crippen molar-refractivity contribution in [1.29, 1.82) is 0 Å². The molecular weight excluding hydrogens is 286 g/mol. The molecule has 22 heavy (non-hydrogen) atoms. The molecule has 0 atom stereocenters. The van der Waals surface area contributed by atoms with E-state index in [0.29, 0.717) is 17.1 Å². The van der Waals surface area contributed by atoms with E-state index in [9.17, 15) is 4.79 Å². The van der Waals surface area contributed by atoms with Crippen LogP contribution in [0, 0.1) is 6.92 Å². The Morgan fingerprint density at radius 3 is 2.86 bits per heavy atom. The first-order valence-corrected chi connectivity index (χ1v) is 6.40. The molecule has 2 heterocycles. The van der Waals surface area contributed by atoms with E-state index in [-0.39, 0.29) is 17.3 Å². The third-order valence-corrected chi connectivity index (χ3v) is 2.82. The zero-order valence-corrected chi connectivity index (χ0v) is 11.6. The minimum Gasteiger partial charge on any atom is -0.478 e. The SMILES string of the molecule is Cc1noc(-c2cccnc2Oc2cccc(C(=O)O)c2)n1. The molecular formula is C15H11N3O4. The summed E-state index contributed by atoms with van der Waals surface area (Å²) in [6, 6.07) is 9.59. The number of nitrogens with zero attached hydrogens (tertiary/aromatic N) is 3. The maximum absolute atomic E-state index is 11.0. The highest BCUT2D eigenvalue weighted by Crippen LogP contribution is 2.30. The van der Waals surface area contributed by atoms with Crippen LogP contribution in [-0.2, 0) is 0 Å². The van der Waals surface area contributed by atoms with Crippen molar-refractivity contribution in [3.8, 4) is 23.1 Å². The van der Waals surface area contributed by atoms with Gasteiger partial charge in [0.15, 0.2) is 5.82 Å². The number of carboxylic acid groups (broad SMARTS) is 1. The van der Waals surface area contributed by atoms with Gasteiger partial charge in [0.05, 0.1) is 5.56 Å². The summed E-state index contributed by atoms with van der Waals surface area (Å²) in [5.41, 5.74) is 0.660. The highest BCUT2D eigenvalue weighted by molar-refractivity contribution is 5.88. The summed E-state index contributed by atoms with van der Waals surface area (Å²) in [6.07, 6.45) is 1.56. The fourth-order valence-electron chi connectivity index (χ4n) is 1.85. The molecule has 0 aliphatic carbocycles. The van der Waals surface area contributed by atoms with Crippen LogP contribution in [0.2, 0.25) is 0 Å². The number of aryl methyl sites for hydroxylation is 1. The quantitative estimate of drug-likeness (QED) is 0.790. The Hall–Kier alpha value is -3.22. The minimum atomic E-state index is -1.03. The molecule has 0 bridgehead atoms.